The van der Waals surface area contributed by atoms with Gasteiger partial charge in [-0.1, -0.05) is 17.3 Å². The maximum absolute atomic E-state index is 12.8. The van der Waals surface area contributed by atoms with E-state index in [1.165, 1.54) is 11.7 Å². The molecule has 0 aliphatic carbocycles. The van der Waals surface area contributed by atoms with Gasteiger partial charge in [0.25, 0.3) is 11.4 Å². The van der Waals surface area contributed by atoms with Gasteiger partial charge in [0.1, 0.15) is 11.3 Å². The minimum Gasteiger partial charge on any atom is -0.506 e. The highest BCUT2D eigenvalue weighted by Gasteiger charge is 2.22. The van der Waals surface area contributed by atoms with Crippen LogP contribution in [0.1, 0.15) is 0 Å². The molecule has 0 saturated heterocycles. The monoisotopic (exact) mass is 379 g/mol. The molecule has 1 N–H and O–H groups in total. The first-order valence-electron chi connectivity index (χ1n) is 8.42. The van der Waals surface area contributed by atoms with Crippen molar-refractivity contribution in [1.29, 1.82) is 0 Å². The van der Waals surface area contributed by atoms with Gasteiger partial charge in [-0.15, -0.1) is 0 Å². The van der Waals surface area contributed by atoms with Gasteiger partial charge in [-0.05, 0) is 30.3 Å². The van der Waals surface area contributed by atoms with Crippen LogP contribution in [0.3, 0.4) is 0 Å². The molecule has 0 spiro atoms. The minimum absolute atomic E-state index is 0.0413. The molecule has 8 nitrogen and oxygen atoms in total. The minimum atomic E-state index is -0.432. The van der Waals surface area contributed by atoms with Crippen LogP contribution in [0.25, 0.3) is 33.7 Å². The van der Waals surface area contributed by atoms with Crippen molar-refractivity contribution in [2.24, 2.45) is 7.05 Å². The quantitative estimate of drug-likeness (QED) is 0.582. The number of hydrogen-bond acceptors (Lipinski definition) is 7. The molecule has 0 unspecified atom stereocenters. The Kier molecular flexibility index (Phi) is 4.23. The predicted octanol–water partition coefficient (Wildman–Crippen LogP) is 2.98. The Labute approximate surface area is 159 Å². The lowest BCUT2D eigenvalue weighted by Gasteiger charge is -2.09. The molecule has 142 valence electrons. The Hall–Kier alpha value is -3.81. The fourth-order valence-corrected chi connectivity index (χ4v) is 3.09. The number of para-hydroxylation sites is 1. The topological polar surface area (TPSA) is 99.6 Å². The number of benzene rings is 2. The maximum atomic E-state index is 12.8. The van der Waals surface area contributed by atoms with E-state index in [2.05, 4.69) is 10.1 Å². The highest BCUT2D eigenvalue weighted by Crippen LogP contribution is 2.34. The van der Waals surface area contributed by atoms with Crippen LogP contribution in [-0.4, -0.2) is 34.0 Å². The Balaban J connectivity index is 1.86. The first-order valence-corrected chi connectivity index (χ1v) is 8.42. The summed E-state index contributed by atoms with van der Waals surface area (Å²) in [4.78, 5) is 17.1. The third-order valence-electron chi connectivity index (χ3n) is 4.56. The third-order valence-corrected chi connectivity index (χ3v) is 4.56. The van der Waals surface area contributed by atoms with Crippen molar-refractivity contribution in [1.82, 2.24) is 14.7 Å². The summed E-state index contributed by atoms with van der Waals surface area (Å²) in [5.74, 6) is 1.08. The van der Waals surface area contributed by atoms with Crippen molar-refractivity contribution in [3.63, 3.8) is 0 Å². The van der Waals surface area contributed by atoms with Crippen LogP contribution in [0.4, 0.5) is 0 Å². The lowest BCUT2D eigenvalue weighted by atomic mass is 10.1. The lowest BCUT2D eigenvalue weighted by Crippen LogP contribution is -2.19. The fraction of sp³-hybridized carbons (Fsp3) is 0.150. The van der Waals surface area contributed by atoms with Gasteiger partial charge in [0.05, 0.1) is 19.7 Å². The van der Waals surface area contributed by atoms with Crippen LogP contribution in [0, 0.1) is 0 Å². The Morgan fingerprint density at radius 3 is 2.57 bits per heavy atom. The first-order chi connectivity index (χ1) is 13.5. The standard InChI is InChI=1S/C20H17N3O5/c1-23-13-7-5-4-6-12(13)17(24)16(20(23)25)19-21-18(22-28-19)11-8-9-14(26-2)15(10-11)27-3/h4-10,24H,1-3H3. The summed E-state index contributed by atoms with van der Waals surface area (Å²) in [6, 6.07) is 12.2. The molecule has 0 bridgehead atoms. The number of fused-ring (bicyclic) bond motifs is 1. The Bertz CT molecular complexity index is 1240. The van der Waals surface area contributed by atoms with Crippen LogP contribution in [0.2, 0.25) is 0 Å². The molecule has 2 aromatic carbocycles. The predicted molar refractivity (Wildman–Crippen MR) is 103 cm³/mol. The average Bonchev–Trinajstić information content (AvgIpc) is 3.21. The summed E-state index contributed by atoms with van der Waals surface area (Å²) in [6.07, 6.45) is 0. The highest BCUT2D eigenvalue weighted by molar-refractivity contribution is 5.90. The number of methoxy groups -OCH3 is 2. The molecule has 0 aliphatic heterocycles. The summed E-state index contributed by atoms with van der Waals surface area (Å²) >= 11 is 0. The number of nitrogens with zero attached hydrogens (tertiary/aromatic N) is 3. The average molecular weight is 379 g/mol. The van der Waals surface area contributed by atoms with E-state index in [0.717, 1.165) is 0 Å². The molecule has 8 heteroatoms. The molecule has 0 saturated carbocycles. The largest absolute Gasteiger partial charge is 0.506 e. The van der Waals surface area contributed by atoms with E-state index in [-0.39, 0.29) is 23.0 Å². The van der Waals surface area contributed by atoms with Crippen molar-refractivity contribution in [3.8, 4) is 40.1 Å². The van der Waals surface area contributed by atoms with Gasteiger partial charge in [-0.25, -0.2) is 0 Å². The molecule has 2 aromatic heterocycles. The second-order valence-electron chi connectivity index (χ2n) is 6.10. The second kappa shape index (κ2) is 6.73. The number of hydrogen-bond donors (Lipinski definition) is 1. The van der Waals surface area contributed by atoms with Crippen LogP contribution < -0.4 is 15.0 Å². The van der Waals surface area contributed by atoms with Gasteiger partial charge in [0.2, 0.25) is 5.82 Å². The Morgan fingerprint density at radius 2 is 1.82 bits per heavy atom. The van der Waals surface area contributed by atoms with E-state index in [0.29, 0.717) is 28.0 Å². The Morgan fingerprint density at radius 1 is 1.07 bits per heavy atom. The fourth-order valence-electron chi connectivity index (χ4n) is 3.09. The summed E-state index contributed by atoms with van der Waals surface area (Å²) in [7, 11) is 4.70. The van der Waals surface area contributed by atoms with E-state index in [1.54, 1.807) is 56.6 Å². The summed E-state index contributed by atoms with van der Waals surface area (Å²) in [5.41, 5.74) is 0.747. The zero-order valence-electron chi connectivity index (χ0n) is 15.5. The lowest BCUT2D eigenvalue weighted by molar-refractivity contribution is 0.355. The van der Waals surface area contributed by atoms with Gasteiger partial charge in [0, 0.05) is 18.0 Å². The van der Waals surface area contributed by atoms with E-state index in [4.69, 9.17) is 14.0 Å². The van der Waals surface area contributed by atoms with Crippen LogP contribution in [-0.2, 0) is 7.05 Å². The number of rotatable bonds is 4. The highest BCUT2D eigenvalue weighted by atomic mass is 16.5. The number of ether oxygens (including phenoxy) is 2. The van der Waals surface area contributed by atoms with Crippen molar-refractivity contribution >= 4 is 10.9 Å². The van der Waals surface area contributed by atoms with E-state index in [9.17, 15) is 9.90 Å². The number of aryl methyl sites for hydroxylation is 1. The van der Waals surface area contributed by atoms with Crippen molar-refractivity contribution in [3.05, 3.63) is 52.8 Å². The van der Waals surface area contributed by atoms with Crippen molar-refractivity contribution in [2.75, 3.05) is 14.2 Å². The number of aromatic nitrogens is 3. The summed E-state index contributed by atoms with van der Waals surface area (Å²) < 4.78 is 17.2. The molecular formula is C20H17N3O5. The summed E-state index contributed by atoms with van der Waals surface area (Å²) in [6.45, 7) is 0. The first kappa shape index (κ1) is 17.6. The SMILES string of the molecule is COc1ccc(-c2noc(-c3c(O)c4ccccc4n(C)c3=O)n2)cc1OC. The van der Waals surface area contributed by atoms with Gasteiger partial charge >= 0.3 is 0 Å². The zero-order chi connectivity index (χ0) is 19.8. The molecule has 0 fully saturated rings. The van der Waals surface area contributed by atoms with E-state index < -0.39 is 5.56 Å². The van der Waals surface area contributed by atoms with E-state index in [1.807, 2.05) is 0 Å². The van der Waals surface area contributed by atoms with Gasteiger partial charge in [-0.2, -0.15) is 4.98 Å². The molecule has 0 atom stereocenters. The third kappa shape index (κ3) is 2.66. The van der Waals surface area contributed by atoms with E-state index >= 15 is 0 Å². The molecule has 0 aliphatic rings. The molecule has 2 heterocycles. The number of aromatic hydroxyl groups is 1. The molecule has 0 radical (unpaired) electrons. The molecular weight excluding hydrogens is 362 g/mol. The summed E-state index contributed by atoms with van der Waals surface area (Å²) in [5, 5.41) is 15.1. The second-order valence-corrected chi connectivity index (χ2v) is 6.10. The van der Waals surface area contributed by atoms with Crippen molar-refractivity contribution in [2.45, 2.75) is 0 Å². The van der Waals surface area contributed by atoms with Crippen LogP contribution in [0.15, 0.2) is 51.8 Å². The maximum Gasteiger partial charge on any atom is 0.267 e. The normalized spacial score (nSPS) is 11.0. The van der Waals surface area contributed by atoms with Gasteiger partial charge < -0.3 is 23.7 Å². The molecule has 28 heavy (non-hydrogen) atoms. The molecule has 4 rings (SSSR count). The molecule has 0 amide bonds. The van der Waals surface area contributed by atoms with Crippen LogP contribution >= 0.6 is 0 Å². The van der Waals surface area contributed by atoms with Gasteiger partial charge in [-0.3, -0.25) is 4.79 Å². The zero-order valence-corrected chi connectivity index (χ0v) is 15.5. The van der Waals surface area contributed by atoms with Gasteiger partial charge in [0.15, 0.2) is 11.5 Å². The number of pyridine rings is 1. The van der Waals surface area contributed by atoms with Crippen LogP contribution in [0.5, 0.6) is 17.2 Å². The molecule has 4 aromatic rings. The van der Waals surface area contributed by atoms with Crippen molar-refractivity contribution < 1.29 is 19.1 Å². The smallest absolute Gasteiger partial charge is 0.267 e.